The second kappa shape index (κ2) is 6.52. The Morgan fingerprint density at radius 2 is 2.00 bits per heavy atom. The van der Waals surface area contributed by atoms with E-state index in [0.29, 0.717) is 19.3 Å². The van der Waals surface area contributed by atoms with E-state index in [1.54, 1.807) is 0 Å². The van der Waals surface area contributed by atoms with E-state index < -0.39 is 17.9 Å². The van der Waals surface area contributed by atoms with Crippen molar-refractivity contribution in [2.45, 2.75) is 37.8 Å². The summed E-state index contributed by atoms with van der Waals surface area (Å²) in [6.07, 6.45) is 2.61. The molecular formula is C15H20N2O3. The van der Waals surface area contributed by atoms with Crippen LogP contribution in [0.25, 0.3) is 0 Å². The fourth-order valence-corrected chi connectivity index (χ4v) is 2.68. The lowest BCUT2D eigenvalue weighted by atomic mass is 10.0. The molecular weight excluding hydrogens is 256 g/mol. The molecule has 5 heteroatoms. The highest BCUT2D eigenvalue weighted by atomic mass is 16.4. The minimum absolute atomic E-state index is 0.271. The number of carboxylic acid groups (broad SMARTS) is 1. The van der Waals surface area contributed by atoms with Crippen molar-refractivity contribution < 1.29 is 14.7 Å². The molecule has 1 saturated carbocycles. The normalized spacial score (nSPS) is 23.2. The van der Waals surface area contributed by atoms with Crippen LogP contribution in [0.2, 0.25) is 0 Å². The summed E-state index contributed by atoms with van der Waals surface area (Å²) in [5.74, 6) is -1.60. The maximum absolute atomic E-state index is 12.0. The highest BCUT2D eigenvalue weighted by Crippen LogP contribution is 2.25. The largest absolute Gasteiger partial charge is 0.481 e. The lowest BCUT2D eigenvalue weighted by molar-refractivity contribution is -0.142. The van der Waals surface area contributed by atoms with E-state index in [1.807, 2.05) is 30.3 Å². The molecule has 1 fully saturated rings. The molecule has 1 aliphatic rings. The number of benzene rings is 1. The number of rotatable bonds is 5. The van der Waals surface area contributed by atoms with Gasteiger partial charge in [-0.15, -0.1) is 0 Å². The van der Waals surface area contributed by atoms with Crippen molar-refractivity contribution in [3.63, 3.8) is 0 Å². The predicted molar refractivity (Wildman–Crippen MR) is 75.0 cm³/mol. The molecule has 20 heavy (non-hydrogen) atoms. The lowest BCUT2D eigenvalue weighted by Crippen LogP contribution is -2.48. The molecule has 1 amide bonds. The third kappa shape index (κ3) is 3.57. The van der Waals surface area contributed by atoms with E-state index in [1.165, 1.54) is 0 Å². The third-order valence-corrected chi connectivity index (χ3v) is 3.80. The van der Waals surface area contributed by atoms with Gasteiger partial charge in [0, 0.05) is 6.04 Å². The number of carbonyl (C=O) groups excluding carboxylic acids is 1. The zero-order valence-corrected chi connectivity index (χ0v) is 11.3. The van der Waals surface area contributed by atoms with Gasteiger partial charge in [-0.25, -0.2) is 0 Å². The Balaban J connectivity index is 1.89. The number of aliphatic carboxylic acids is 1. The van der Waals surface area contributed by atoms with Crippen LogP contribution in [0.3, 0.4) is 0 Å². The molecule has 0 bridgehead atoms. The summed E-state index contributed by atoms with van der Waals surface area (Å²) in [6.45, 7) is 0. The molecule has 0 radical (unpaired) electrons. The summed E-state index contributed by atoms with van der Waals surface area (Å²) in [5, 5.41) is 11.9. The van der Waals surface area contributed by atoms with E-state index >= 15 is 0 Å². The van der Waals surface area contributed by atoms with Crippen LogP contribution in [0.4, 0.5) is 0 Å². The van der Waals surface area contributed by atoms with Gasteiger partial charge in [-0.05, 0) is 24.8 Å². The van der Waals surface area contributed by atoms with Crippen molar-refractivity contribution in [2.24, 2.45) is 11.7 Å². The first-order valence-corrected chi connectivity index (χ1v) is 6.90. The summed E-state index contributed by atoms with van der Waals surface area (Å²) < 4.78 is 0. The summed E-state index contributed by atoms with van der Waals surface area (Å²) in [6, 6.07) is 8.61. The Morgan fingerprint density at radius 3 is 2.65 bits per heavy atom. The van der Waals surface area contributed by atoms with Crippen LogP contribution in [-0.4, -0.2) is 29.1 Å². The Bertz CT molecular complexity index is 475. The minimum atomic E-state index is -0.843. The van der Waals surface area contributed by atoms with Crippen molar-refractivity contribution in [2.75, 3.05) is 0 Å². The van der Waals surface area contributed by atoms with Gasteiger partial charge < -0.3 is 16.2 Å². The van der Waals surface area contributed by atoms with Gasteiger partial charge in [0.2, 0.25) is 5.91 Å². The Labute approximate surface area is 118 Å². The van der Waals surface area contributed by atoms with Crippen LogP contribution in [0.15, 0.2) is 30.3 Å². The average Bonchev–Trinajstić information content (AvgIpc) is 2.88. The standard InChI is InChI=1S/C15H20N2O3/c16-12(9-10-5-2-1-3-6-10)14(18)17-13-8-4-7-11(13)15(19)20/h1-3,5-6,11-13H,4,7-9,16H2,(H,17,18)(H,19,20). The molecule has 0 aromatic heterocycles. The fourth-order valence-electron chi connectivity index (χ4n) is 2.68. The van der Waals surface area contributed by atoms with Crippen molar-refractivity contribution in [1.82, 2.24) is 5.32 Å². The molecule has 1 aliphatic carbocycles. The van der Waals surface area contributed by atoms with Crippen molar-refractivity contribution in [3.8, 4) is 0 Å². The van der Waals surface area contributed by atoms with Gasteiger partial charge in [0.1, 0.15) is 0 Å². The lowest BCUT2D eigenvalue weighted by Gasteiger charge is -2.20. The number of nitrogens with one attached hydrogen (secondary N) is 1. The minimum Gasteiger partial charge on any atom is -0.481 e. The molecule has 5 nitrogen and oxygen atoms in total. The molecule has 3 unspecified atom stereocenters. The summed E-state index contributed by atoms with van der Waals surface area (Å²) in [5.41, 5.74) is 6.89. The van der Waals surface area contributed by atoms with Crippen LogP contribution in [0, 0.1) is 5.92 Å². The third-order valence-electron chi connectivity index (χ3n) is 3.80. The fraction of sp³-hybridized carbons (Fsp3) is 0.467. The van der Waals surface area contributed by atoms with Gasteiger partial charge in [0.15, 0.2) is 0 Å². The zero-order chi connectivity index (χ0) is 14.5. The van der Waals surface area contributed by atoms with Crippen LogP contribution in [0.5, 0.6) is 0 Å². The van der Waals surface area contributed by atoms with Crippen molar-refractivity contribution in [1.29, 1.82) is 0 Å². The monoisotopic (exact) mass is 276 g/mol. The summed E-state index contributed by atoms with van der Waals surface area (Å²) in [7, 11) is 0. The van der Waals surface area contributed by atoms with E-state index in [4.69, 9.17) is 10.8 Å². The number of amides is 1. The predicted octanol–water partition coefficient (Wildman–Crippen LogP) is 0.926. The van der Waals surface area contributed by atoms with Crippen LogP contribution < -0.4 is 11.1 Å². The maximum Gasteiger partial charge on any atom is 0.308 e. The molecule has 4 N–H and O–H groups in total. The van der Waals surface area contributed by atoms with Gasteiger partial charge >= 0.3 is 5.97 Å². The van der Waals surface area contributed by atoms with Gasteiger partial charge in [-0.2, -0.15) is 0 Å². The number of carbonyl (C=O) groups is 2. The van der Waals surface area contributed by atoms with Gasteiger partial charge in [-0.3, -0.25) is 9.59 Å². The smallest absolute Gasteiger partial charge is 0.308 e. The molecule has 0 spiro atoms. The second-order valence-corrected chi connectivity index (χ2v) is 5.29. The van der Waals surface area contributed by atoms with E-state index in [-0.39, 0.29) is 11.9 Å². The molecule has 1 aromatic carbocycles. The SMILES string of the molecule is NC(Cc1ccccc1)C(=O)NC1CCCC1C(=O)O. The maximum atomic E-state index is 12.0. The van der Waals surface area contributed by atoms with E-state index in [0.717, 1.165) is 12.0 Å². The molecule has 1 aromatic rings. The average molecular weight is 276 g/mol. The number of nitrogens with two attached hydrogens (primary N) is 1. The van der Waals surface area contributed by atoms with Gasteiger partial charge in [0.25, 0.3) is 0 Å². The molecule has 0 heterocycles. The van der Waals surface area contributed by atoms with Crippen molar-refractivity contribution >= 4 is 11.9 Å². The Hall–Kier alpha value is -1.88. The molecule has 0 saturated heterocycles. The summed E-state index contributed by atoms with van der Waals surface area (Å²) >= 11 is 0. The first-order chi connectivity index (χ1) is 9.58. The molecule has 0 aliphatic heterocycles. The Kier molecular flexibility index (Phi) is 4.74. The van der Waals surface area contributed by atoms with E-state index in [9.17, 15) is 9.59 Å². The first-order valence-electron chi connectivity index (χ1n) is 6.90. The number of carboxylic acids is 1. The van der Waals surface area contributed by atoms with Gasteiger partial charge in [0.05, 0.1) is 12.0 Å². The zero-order valence-electron chi connectivity index (χ0n) is 11.3. The van der Waals surface area contributed by atoms with Crippen LogP contribution in [0.1, 0.15) is 24.8 Å². The quantitative estimate of drug-likeness (QED) is 0.746. The first kappa shape index (κ1) is 14.5. The van der Waals surface area contributed by atoms with E-state index in [2.05, 4.69) is 5.32 Å². The van der Waals surface area contributed by atoms with Crippen molar-refractivity contribution in [3.05, 3.63) is 35.9 Å². The Morgan fingerprint density at radius 1 is 1.30 bits per heavy atom. The summed E-state index contributed by atoms with van der Waals surface area (Å²) in [4.78, 5) is 23.1. The molecule has 3 atom stereocenters. The highest BCUT2D eigenvalue weighted by Gasteiger charge is 2.34. The van der Waals surface area contributed by atoms with Crippen LogP contribution >= 0.6 is 0 Å². The molecule has 108 valence electrons. The number of hydrogen-bond donors (Lipinski definition) is 3. The van der Waals surface area contributed by atoms with Gasteiger partial charge in [-0.1, -0.05) is 36.8 Å². The van der Waals surface area contributed by atoms with Crippen LogP contribution in [-0.2, 0) is 16.0 Å². The molecule has 2 rings (SSSR count). The number of hydrogen-bond acceptors (Lipinski definition) is 3. The topological polar surface area (TPSA) is 92.4 Å². The highest BCUT2D eigenvalue weighted by molar-refractivity contribution is 5.83. The second-order valence-electron chi connectivity index (χ2n) is 5.29.